The largest absolute Gasteiger partial charge is 0.338 e. The first kappa shape index (κ1) is 12.9. The normalized spacial score (nSPS) is 11.1. The van der Waals surface area contributed by atoms with E-state index in [0.29, 0.717) is 18.3 Å². The van der Waals surface area contributed by atoms with Crippen molar-refractivity contribution in [3.8, 4) is 11.4 Å². The van der Waals surface area contributed by atoms with Crippen LogP contribution in [0, 0.1) is 0 Å². The fourth-order valence-electron chi connectivity index (χ4n) is 1.82. The predicted molar refractivity (Wildman–Crippen MR) is 74.8 cm³/mol. The van der Waals surface area contributed by atoms with Crippen LogP contribution >= 0.6 is 11.3 Å². The molecule has 0 unspecified atom stereocenters. The van der Waals surface area contributed by atoms with E-state index in [-0.39, 0.29) is 0 Å². The third-order valence-electron chi connectivity index (χ3n) is 2.73. The zero-order valence-electron chi connectivity index (χ0n) is 10.9. The highest BCUT2D eigenvalue weighted by atomic mass is 32.1. The van der Waals surface area contributed by atoms with Crippen LogP contribution in [0.2, 0.25) is 0 Å². The highest BCUT2D eigenvalue weighted by molar-refractivity contribution is 7.07. The molecule has 0 radical (unpaired) electrons. The summed E-state index contributed by atoms with van der Waals surface area (Å²) in [5.74, 6) is 1.18. The van der Waals surface area contributed by atoms with Gasteiger partial charge in [-0.2, -0.15) is 4.98 Å². The predicted octanol–water partition coefficient (Wildman–Crippen LogP) is 2.22. The summed E-state index contributed by atoms with van der Waals surface area (Å²) in [5, 5.41) is 6.02. The minimum Gasteiger partial charge on any atom is -0.338 e. The van der Waals surface area contributed by atoms with Gasteiger partial charge in [0.15, 0.2) is 0 Å². The van der Waals surface area contributed by atoms with Crippen molar-refractivity contribution >= 4 is 11.3 Å². The summed E-state index contributed by atoms with van der Waals surface area (Å²) >= 11 is 1.59. The van der Waals surface area contributed by atoms with Gasteiger partial charge in [0.25, 0.3) is 0 Å². The molecule has 0 fully saturated rings. The summed E-state index contributed by atoms with van der Waals surface area (Å²) in [6.07, 6.45) is 3.42. The van der Waals surface area contributed by atoms with Crippen LogP contribution in [0.4, 0.5) is 0 Å². The first-order valence-corrected chi connectivity index (χ1v) is 7.04. The molecule has 0 amide bonds. The van der Waals surface area contributed by atoms with Crippen molar-refractivity contribution in [3.63, 3.8) is 0 Å². The maximum Gasteiger partial charge on any atom is 0.241 e. The van der Waals surface area contributed by atoms with Gasteiger partial charge in [-0.1, -0.05) is 5.16 Å². The first-order valence-electron chi connectivity index (χ1n) is 6.10. The monoisotopic (exact) mass is 287 g/mol. The second-order valence-electron chi connectivity index (χ2n) is 4.40. The lowest BCUT2D eigenvalue weighted by atomic mass is 10.2. The minimum atomic E-state index is 0.587. The second kappa shape index (κ2) is 5.89. The van der Waals surface area contributed by atoms with Crippen LogP contribution in [0.25, 0.3) is 11.4 Å². The number of thiazole rings is 1. The summed E-state index contributed by atoms with van der Waals surface area (Å²) in [7, 11) is 2.00. The molecule has 0 bridgehead atoms. The molecule has 20 heavy (non-hydrogen) atoms. The molecule has 0 aromatic carbocycles. The number of aromatic nitrogens is 4. The van der Waals surface area contributed by atoms with E-state index >= 15 is 0 Å². The SMILES string of the molecule is CN(Cc1cscn1)Cc1nc(-c2ccncc2)no1. The van der Waals surface area contributed by atoms with E-state index in [1.165, 1.54) is 0 Å². The number of rotatable bonds is 5. The van der Waals surface area contributed by atoms with Crippen molar-refractivity contribution < 1.29 is 4.52 Å². The van der Waals surface area contributed by atoms with Crippen LogP contribution in [-0.2, 0) is 13.1 Å². The third kappa shape index (κ3) is 3.06. The number of hydrogen-bond donors (Lipinski definition) is 0. The Morgan fingerprint density at radius 1 is 1.25 bits per heavy atom. The Morgan fingerprint density at radius 2 is 2.10 bits per heavy atom. The molecule has 7 heteroatoms. The number of hydrogen-bond acceptors (Lipinski definition) is 7. The molecule has 0 aliphatic carbocycles. The van der Waals surface area contributed by atoms with Gasteiger partial charge in [0.1, 0.15) is 0 Å². The third-order valence-corrected chi connectivity index (χ3v) is 3.36. The topological polar surface area (TPSA) is 67.9 Å². The van der Waals surface area contributed by atoms with Gasteiger partial charge in [-0.25, -0.2) is 4.98 Å². The van der Waals surface area contributed by atoms with E-state index in [4.69, 9.17) is 4.52 Å². The molecule has 0 spiro atoms. The van der Waals surface area contributed by atoms with Gasteiger partial charge in [0, 0.05) is 29.9 Å². The van der Waals surface area contributed by atoms with Gasteiger partial charge in [-0.3, -0.25) is 9.88 Å². The van der Waals surface area contributed by atoms with Crippen LogP contribution < -0.4 is 0 Å². The highest BCUT2D eigenvalue weighted by Gasteiger charge is 2.11. The summed E-state index contributed by atoms with van der Waals surface area (Å²) in [5.41, 5.74) is 3.78. The molecule has 102 valence electrons. The summed E-state index contributed by atoms with van der Waals surface area (Å²) in [6.45, 7) is 1.35. The van der Waals surface area contributed by atoms with Crippen molar-refractivity contribution in [1.82, 2.24) is 25.0 Å². The Labute approximate surface area is 120 Å². The molecule has 0 N–H and O–H groups in total. The number of pyridine rings is 1. The van der Waals surface area contributed by atoms with E-state index in [1.54, 1.807) is 23.7 Å². The van der Waals surface area contributed by atoms with E-state index in [9.17, 15) is 0 Å². The highest BCUT2D eigenvalue weighted by Crippen LogP contribution is 2.15. The smallest absolute Gasteiger partial charge is 0.241 e. The lowest BCUT2D eigenvalue weighted by Crippen LogP contribution is -2.17. The van der Waals surface area contributed by atoms with Crippen LogP contribution in [0.3, 0.4) is 0 Å². The lowest BCUT2D eigenvalue weighted by molar-refractivity contribution is 0.259. The number of nitrogens with zero attached hydrogens (tertiary/aromatic N) is 5. The van der Waals surface area contributed by atoms with Crippen molar-refractivity contribution in [2.45, 2.75) is 13.1 Å². The zero-order chi connectivity index (χ0) is 13.8. The Balaban J connectivity index is 1.65. The molecule has 3 heterocycles. The second-order valence-corrected chi connectivity index (χ2v) is 5.12. The fraction of sp³-hybridized carbons (Fsp3) is 0.231. The van der Waals surface area contributed by atoms with Gasteiger partial charge in [-0.05, 0) is 19.2 Å². The molecule has 0 atom stereocenters. The van der Waals surface area contributed by atoms with E-state index in [1.807, 2.05) is 30.1 Å². The summed E-state index contributed by atoms with van der Waals surface area (Å²) in [4.78, 5) is 14.7. The van der Waals surface area contributed by atoms with Crippen LogP contribution in [0.15, 0.2) is 39.9 Å². The molecular formula is C13H13N5OS. The molecule has 3 rings (SSSR count). The lowest BCUT2D eigenvalue weighted by Gasteiger charge is -2.11. The average molecular weight is 287 g/mol. The first-order chi connectivity index (χ1) is 9.81. The van der Waals surface area contributed by atoms with Crippen LogP contribution in [0.1, 0.15) is 11.6 Å². The van der Waals surface area contributed by atoms with Gasteiger partial charge in [0.05, 0.1) is 17.7 Å². The Kier molecular flexibility index (Phi) is 3.80. The summed E-state index contributed by atoms with van der Waals surface area (Å²) in [6, 6.07) is 3.71. The summed E-state index contributed by atoms with van der Waals surface area (Å²) < 4.78 is 5.27. The van der Waals surface area contributed by atoms with Crippen molar-refractivity contribution in [1.29, 1.82) is 0 Å². The van der Waals surface area contributed by atoms with Crippen LogP contribution in [-0.4, -0.2) is 32.1 Å². The molecule has 3 aromatic heterocycles. The molecule has 0 saturated heterocycles. The Morgan fingerprint density at radius 3 is 2.85 bits per heavy atom. The maximum absolute atomic E-state index is 5.27. The van der Waals surface area contributed by atoms with Gasteiger partial charge in [-0.15, -0.1) is 11.3 Å². The molecule has 0 aliphatic heterocycles. The van der Waals surface area contributed by atoms with Crippen molar-refractivity contribution in [2.24, 2.45) is 0 Å². The van der Waals surface area contributed by atoms with E-state index in [0.717, 1.165) is 17.8 Å². The average Bonchev–Trinajstić information content (AvgIpc) is 3.11. The quantitative estimate of drug-likeness (QED) is 0.716. The van der Waals surface area contributed by atoms with E-state index < -0.39 is 0 Å². The van der Waals surface area contributed by atoms with Gasteiger partial charge in [0.2, 0.25) is 11.7 Å². The molecular weight excluding hydrogens is 274 g/mol. The molecule has 3 aromatic rings. The standard InChI is InChI=1S/C13H13N5OS/c1-18(6-11-8-20-9-15-11)7-12-16-13(17-19-12)10-2-4-14-5-3-10/h2-5,8-9H,6-7H2,1H3. The molecule has 0 saturated carbocycles. The van der Waals surface area contributed by atoms with Gasteiger partial charge < -0.3 is 4.52 Å². The van der Waals surface area contributed by atoms with Crippen molar-refractivity contribution in [2.75, 3.05) is 7.05 Å². The Hall–Kier alpha value is -2.12. The van der Waals surface area contributed by atoms with Gasteiger partial charge >= 0.3 is 0 Å². The van der Waals surface area contributed by atoms with Crippen molar-refractivity contribution in [3.05, 3.63) is 47.0 Å². The Bertz CT molecular complexity index is 652. The maximum atomic E-state index is 5.27. The van der Waals surface area contributed by atoms with E-state index in [2.05, 4.69) is 25.0 Å². The molecule has 0 aliphatic rings. The fourth-order valence-corrected chi connectivity index (χ4v) is 2.37. The van der Waals surface area contributed by atoms with Crippen LogP contribution in [0.5, 0.6) is 0 Å². The minimum absolute atomic E-state index is 0.587. The zero-order valence-corrected chi connectivity index (χ0v) is 11.7. The molecule has 6 nitrogen and oxygen atoms in total.